The first-order valence-electron chi connectivity index (χ1n) is 8.13. The van der Waals surface area contributed by atoms with Crippen LogP contribution >= 0.6 is 0 Å². The average Bonchev–Trinajstić information content (AvgIpc) is 3.11. The zero-order valence-corrected chi connectivity index (χ0v) is 13.1. The SMILES string of the molecule is O=C1C[C@H]2CN(C(=O)CCn3cnc4ccccc4c3=O)C[C@H]2N1. The third kappa shape index (κ3) is 2.55. The van der Waals surface area contributed by atoms with Gasteiger partial charge < -0.3 is 10.2 Å². The molecule has 4 rings (SSSR count). The number of para-hydroxylation sites is 1. The standard InChI is InChI=1S/C17H18N4O3/c22-15-7-11-8-21(9-14(11)19-15)16(23)5-6-20-10-18-13-4-2-1-3-12(13)17(20)24/h1-4,10-11,14H,5-9H2,(H,19,22)/t11-,14+/m0/s1. The van der Waals surface area contributed by atoms with Crippen LogP contribution in [0, 0.1) is 5.92 Å². The van der Waals surface area contributed by atoms with E-state index >= 15 is 0 Å². The minimum Gasteiger partial charge on any atom is -0.351 e. The number of likely N-dealkylation sites (tertiary alicyclic amines) is 1. The molecule has 2 aromatic rings. The molecule has 0 saturated carbocycles. The zero-order valence-electron chi connectivity index (χ0n) is 13.1. The summed E-state index contributed by atoms with van der Waals surface area (Å²) in [5, 5.41) is 3.47. The summed E-state index contributed by atoms with van der Waals surface area (Å²) in [5.74, 6) is 0.316. The lowest BCUT2D eigenvalue weighted by atomic mass is 10.1. The smallest absolute Gasteiger partial charge is 0.261 e. The van der Waals surface area contributed by atoms with Gasteiger partial charge in [-0.3, -0.25) is 19.0 Å². The van der Waals surface area contributed by atoms with Gasteiger partial charge in [0.05, 0.1) is 23.3 Å². The number of aromatic nitrogens is 2. The maximum Gasteiger partial charge on any atom is 0.261 e. The molecule has 0 unspecified atom stereocenters. The van der Waals surface area contributed by atoms with Gasteiger partial charge in [-0.2, -0.15) is 0 Å². The minimum absolute atomic E-state index is 0.0127. The number of carbonyl (C=O) groups excluding carboxylic acids is 2. The van der Waals surface area contributed by atoms with Gasteiger partial charge in [0.25, 0.3) is 5.56 Å². The number of rotatable bonds is 3. The van der Waals surface area contributed by atoms with Gasteiger partial charge in [0.1, 0.15) is 0 Å². The molecule has 0 aliphatic carbocycles. The van der Waals surface area contributed by atoms with Gasteiger partial charge in [-0.15, -0.1) is 0 Å². The monoisotopic (exact) mass is 326 g/mol. The molecular weight excluding hydrogens is 308 g/mol. The molecule has 24 heavy (non-hydrogen) atoms. The van der Waals surface area contributed by atoms with Crippen molar-refractivity contribution in [2.75, 3.05) is 13.1 Å². The van der Waals surface area contributed by atoms with E-state index < -0.39 is 0 Å². The third-order valence-electron chi connectivity index (χ3n) is 4.89. The summed E-state index contributed by atoms with van der Waals surface area (Å²) in [4.78, 5) is 42.2. The van der Waals surface area contributed by atoms with Crippen molar-refractivity contribution in [1.29, 1.82) is 0 Å². The maximum absolute atomic E-state index is 12.4. The maximum atomic E-state index is 12.4. The quantitative estimate of drug-likeness (QED) is 0.869. The molecule has 2 fully saturated rings. The van der Waals surface area contributed by atoms with Gasteiger partial charge in [0, 0.05) is 38.4 Å². The number of nitrogens with one attached hydrogen (secondary N) is 1. The lowest BCUT2D eigenvalue weighted by Crippen LogP contribution is -2.36. The lowest BCUT2D eigenvalue weighted by Gasteiger charge is -2.17. The number of carbonyl (C=O) groups is 2. The van der Waals surface area contributed by atoms with E-state index in [1.807, 2.05) is 6.07 Å². The molecule has 0 bridgehead atoms. The number of nitrogens with zero attached hydrogens (tertiary/aromatic N) is 3. The van der Waals surface area contributed by atoms with Crippen molar-refractivity contribution in [3.63, 3.8) is 0 Å². The Balaban J connectivity index is 1.42. The van der Waals surface area contributed by atoms with E-state index in [9.17, 15) is 14.4 Å². The second-order valence-corrected chi connectivity index (χ2v) is 6.45. The number of hydrogen-bond donors (Lipinski definition) is 1. The fourth-order valence-electron chi connectivity index (χ4n) is 3.59. The molecule has 2 amide bonds. The molecule has 7 heteroatoms. The van der Waals surface area contributed by atoms with Crippen LogP contribution in [0.4, 0.5) is 0 Å². The fourth-order valence-corrected chi connectivity index (χ4v) is 3.59. The van der Waals surface area contributed by atoms with Gasteiger partial charge in [0.2, 0.25) is 11.8 Å². The molecule has 2 atom stereocenters. The molecular formula is C17H18N4O3. The van der Waals surface area contributed by atoms with Crippen LogP contribution in [0.25, 0.3) is 10.9 Å². The molecule has 0 radical (unpaired) electrons. The van der Waals surface area contributed by atoms with Gasteiger partial charge in [-0.1, -0.05) is 12.1 Å². The predicted molar refractivity (Wildman–Crippen MR) is 87.2 cm³/mol. The topological polar surface area (TPSA) is 84.3 Å². The average molecular weight is 326 g/mol. The Labute approximate surface area is 138 Å². The summed E-state index contributed by atoms with van der Waals surface area (Å²) < 4.78 is 1.49. The highest BCUT2D eigenvalue weighted by molar-refractivity contribution is 5.81. The third-order valence-corrected chi connectivity index (χ3v) is 4.89. The Morgan fingerprint density at radius 3 is 2.92 bits per heavy atom. The number of benzene rings is 1. The van der Waals surface area contributed by atoms with Crippen molar-refractivity contribution in [2.24, 2.45) is 5.92 Å². The number of fused-ring (bicyclic) bond motifs is 2. The van der Waals surface area contributed by atoms with Crippen LogP contribution in [0.2, 0.25) is 0 Å². The molecule has 1 aromatic heterocycles. The predicted octanol–water partition coefficient (Wildman–Crippen LogP) is 0.133. The fraction of sp³-hybridized carbons (Fsp3) is 0.412. The molecule has 124 valence electrons. The number of hydrogen-bond acceptors (Lipinski definition) is 4. The van der Waals surface area contributed by atoms with E-state index in [0.29, 0.717) is 37.0 Å². The van der Waals surface area contributed by atoms with E-state index in [0.717, 1.165) is 0 Å². The van der Waals surface area contributed by atoms with Crippen LogP contribution in [-0.2, 0) is 16.1 Å². The molecule has 7 nitrogen and oxygen atoms in total. The van der Waals surface area contributed by atoms with Crippen LogP contribution in [0.3, 0.4) is 0 Å². The lowest BCUT2D eigenvalue weighted by molar-refractivity contribution is -0.131. The summed E-state index contributed by atoms with van der Waals surface area (Å²) in [5.41, 5.74) is 0.534. The highest BCUT2D eigenvalue weighted by atomic mass is 16.2. The number of amides is 2. The largest absolute Gasteiger partial charge is 0.351 e. The van der Waals surface area contributed by atoms with Crippen molar-refractivity contribution >= 4 is 22.7 Å². The highest BCUT2D eigenvalue weighted by Gasteiger charge is 2.41. The summed E-state index contributed by atoms with van der Waals surface area (Å²) in [6.07, 6.45) is 2.26. The van der Waals surface area contributed by atoms with Crippen LogP contribution in [0.1, 0.15) is 12.8 Å². The van der Waals surface area contributed by atoms with Crippen molar-refractivity contribution in [1.82, 2.24) is 19.8 Å². The van der Waals surface area contributed by atoms with E-state index in [-0.39, 0.29) is 35.8 Å². The summed E-state index contributed by atoms with van der Waals surface area (Å²) >= 11 is 0. The van der Waals surface area contributed by atoms with Crippen LogP contribution in [0.15, 0.2) is 35.4 Å². The van der Waals surface area contributed by atoms with Crippen molar-refractivity contribution in [2.45, 2.75) is 25.4 Å². The number of aryl methyl sites for hydroxylation is 1. The summed E-state index contributed by atoms with van der Waals surface area (Å²) in [6.45, 7) is 1.50. The van der Waals surface area contributed by atoms with E-state index in [2.05, 4.69) is 10.3 Å². The van der Waals surface area contributed by atoms with Crippen molar-refractivity contribution in [3.8, 4) is 0 Å². The molecule has 2 aliphatic rings. The van der Waals surface area contributed by atoms with Gasteiger partial charge in [-0.05, 0) is 12.1 Å². The van der Waals surface area contributed by atoms with Crippen LogP contribution in [0.5, 0.6) is 0 Å². The first-order chi connectivity index (χ1) is 11.6. The Morgan fingerprint density at radius 1 is 1.25 bits per heavy atom. The Hall–Kier alpha value is -2.70. The molecule has 2 aliphatic heterocycles. The molecule has 3 heterocycles. The van der Waals surface area contributed by atoms with Crippen LogP contribution in [-0.4, -0.2) is 45.4 Å². The molecule has 2 saturated heterocycles. The molecule has 1 aromatic carbocycles. The minimum atomic E-state index is -0.126. The first-order valence-corrected chi connectivity index (χ1v) is 8.13. The van der Waals surface area contributed by atoms with Crippen molar-refractivity contribution < 1.29 is 9.59 Å². The summed E-state index contributed by atoms with van der Waals surface area (Å²) in [7, 11) is 0. The van der Waals surface area contributed by atoms with Crippen LogP contribution < -0.4 is 10.9 Å². The van der Waals surface area contributed by atoms with E-state index in [1.165, 1.54) is 10.9 Å². The zero-order chi connectivity index (χ0) is 16.7. The van der Waals surface area contributed by atoms with Gasteiger partial charge >= 0.3 is 0 Å². The second kappa shape index (κ2) is 5.74. The highest BCUT2D eigenvalue weighted by Crippen LogP contribution is 2.25. The van der Waals surface area contributed by atoms with E-state index in [4.69, 9.17) is 0 Å². The van der Waals surface area contributed by atoms with Crippen molar-refractivity contribution in [3.05, 3.63) is 40.9 Å². The van der Waals surface area contributed by atoms with Gasteiger partial charge in [0.15, 0.2) is 0 Å². The normalized spacial score (nSPS) is 22.7. The first kappa shape index (κ1) is 14.9. The second-order valence-electron chi connectivity index (χ2n) is 6.45. The Morgan fingerprint density at radius 2 is 2.08 bits per heavy atom. The van der Waals surface area contributed by atoms with E-state index in [1.54, 1.807) is 23.1 Å². The Bertz CT molecular complexity index is 860. The molecule has 1 N–H and O–H groups in total. The van der Waals surface area contributed by atoms with Gasteiger partial charge in [-0.25, -0.2) is 4.98 Å². The Kier molecular flexibility index (Phi) is 3.55. The summed E-state index contributed by atoms with van der Waals surface area (Å²) in [6, 6.07) is 7.27. The molecule has 0 spiro atoms.